The fourth-order valence-electron chi connectivity index (χ4n) is 2.58. The standard InChI is InChI=1S/C16H20N2O3/c1-4-16(5-2,12-9-7-6-8-10-12)15-17-13(21-18-15)11-14(19)20-3/h6-10H,4-5,11H2,1-3H3. The Kier molecular flexibility index (Phi) is 4.73. The first-order valence-corrected chi connectivity index (χ1v) is 7.11. The van der Waals surface area contributed by atoms with E-state index in [2.05, 4.69) is 40.9 Å². The van der Waals surface area contributed by atoms with Crippen molar-refractivity contribution in [2.75, 3.05) is 7.11 Å². The van der Waals surface area contributed by atoms with Crippen LogP contribution < -0.4 is 0 Å². The van der Waals surface area contributed by atoms with Crippen LogP contribution in [-0.2, 0) is 21.4 Å². The van der Waals surface area contributed by atoms with Crippen LogP contribution in [0.3, 0.4) is 0 Å². The molecule has 1 aromatic heterocycles. The number of rotatable bonds is 6. The number of hydrogen-bond donors (Lipinski definition) is 0. The lowest BCUT2D eigenvalue weighted by Crippen LogP contribution is -2.27. The highest BCUT2D eigenvalue weighted by molar-refractivity contribution is 5.71. The SMILES string of the molecule is CCC(CC)(c1ccccc1)c1noc(CC(=O)OC)n1. The van der Waals surface area contributed by atoms with Crippen LogP contribution >= 0.6 is 0 Å². The summed E-state index contributed by atoms with van der Waals surface area (Å²) in [5.41, 5.74) is 0.861. The van der Waals surface area contributed by atoms with Crippen molar-refractivity contribution in [1.29, 1.82) is 0 Å². The molecule has 0 saturated carbocycles. The van der Waals surface area contributed by atoms with Crippen molar-refractivity contribution in [2.24, 2.45) is 0 Å². The minimum absolute atomic E-state index is 0.00178. The lowest BCUT2D eigenvalue weighted by molar-refractivity contribution is -0.140. The minimum atomic E-state index is -0.386. The van der Waals surface area contributed by atoms with Crippen LogP contribution in [0.25, 0.3) is 0 Å². The third kappa shape index (κ3) is 2.96. The highest BCUT2D eigenvalue weighted by Crippen LogP contribution is 2.36. The second-order valence-electron chi connectivity index (χ2n) is 4.92. The monoisotopic (exact) mass is 288 g/mol. The number of methoxy groups -OCH3 is 1. The maximum absolute atomic E-state index is 11.3. The topological polar surface area (TPSA) is 65.2 Å². The summed E-state index contributed by atoms with van der Waals surface area (Å²) in [6.07, 6.45) is 1.71. The molecule has 0 N–H and O–H groups in total. The molecule has 0 spiro atoms. The third-order valence-electron chi connectivity index (χ3n) is 3.95. The molecule has 1 aromatic carbocycles. The molecule has 21 heavy (non-hydrogen) atoms. The van der Waals surface area contributed by atoms with Gasteiger partial charge in [-0.3, -0.25) is 4.79 Å². The van der Waals surface area contributed by atoms with Crippen LogP contribution in [0.2, 0.25) is 0 Å². The number of aromatic nitrogens is 2. The molecule has 5 heteroatoms. The van der Waals surface area contributed by atoms with E-state index in [1.165, 1.54) is 7.11 Å². The molecule has 2 rings (SSSR count). The van der Waals surface area contributed by atoms with E-state index < -0.39 is 0 Å². The van der Waals surface area contributed by atoms with Gasteiger partial charge in [0.05, 0.1) is 12.5 Å². The highest BCUT2D eigenvalue weighted by Gasteiger charge is 2.35. The largest absolute Gasteiger partial charge is 0.469 e. The van der Waals surface area contributed by atoms with Crippen molar-refractivity contribution in [3.63, 3.8) is 0 Å². The van der Waals surface area contributed by atoms with Crippen molar-refractivity contribution in [3.8, 4) is 0 Å². The molecule has 0 aliphatic rings. The molecule has 0 fully saturated rings. The summed E-state index contributed by atoms with van der Waals surface area (Å²) in [4.78, 5) is 15.7. The zero-order chi connectivity index (χ0) is 15.3. The predicted molar refractivity (Wildman–Crippen MR) is 77.8 cm³/mol. The Balaban J connectivity index is 2.37. The molecular formula is C16H20N2O3. The third-order valence-corrected chi connectivity index (χ3v) is 3.95. The Morgan fingerprint density at radius 2 is 1.90 bits per heavy atom. The van der Waals surface area contributed by atoms with Crippen molar-refractivity contribution in [3.05, 3.63) is 47.6 Å². The lowest BCUT2D eigenvalue weighted by Gasteiger charge is -2.28. The summed E-state index contributed by atoms with van der Waals surface area (Å²) in [5.74, 6) is 0.528. The van der Waals surface area contributed by atoms with Crippen LogP contribution in [-0.4, -0.2) is 23.2 Å². The predicted octanol–water partition coefficient (Wildman–Crippen LogP) is 2.89. The Labute approximate surface area is 124 Å². The Morgan fingerprint density at radius 1 is 1.24 bits per heavy atom. The zero-order valence-corrected chi connectivity index (χ0v) is 12.6. The van der Waals surface area contributed by atoms with E-state index in [-0.39, 0.29) is 17.8 Å². The van der Waals surface area contributed by atoms with Gasteiger partial charge in [0.1, 0.15) is 6.42 Å². The van der Waals surface area contributed by atoms with E-state index in [9.17, 15) is 4.79 Å². The second-order valence-corrected chi connectivity index (χ2v) is 4.92. The van der Waals surface area contributed by atoms with Crippen LogP contribution in [0.15, 0.2) is 34.9 Å². The van der Waals surface area contributed by atoms with Crippen LogP contribution in [0.4, 0.5) is 0 Å². The van der Waals surface area contributed by atoms with Gasteiger partial charge < -0.3 is 9.26 Å². The quantitative estimate of drug-likeness (QED) is 0.765. The van der Waals surface area contributed by atoms with Gasteiger partial charge in [-0.25, -0.2) is 0 Å². The summed E-state index contributed by atoms with van der Waals surface area (Å²) in [5, 5.41) is 4.10. The van der Waals surface area contributed by atoms with Gasteiger partial charge in [0.2, 0.25) is 5.89 Å². The molecule has 0 unspecified atom stereocenters. The van der Waals surface area contributed by atoms with Crippen molar-refractivity contribution < 1.29 is 14.1 Å². The van der Waals surface area contributed by atoms with E-state index in [0.29, 0.717) is 11.7 Å². The van der Waals surface area contributed by atoms with E-state index in [1.807, 2.05) is 18.2 Å². The van der Waals surface area contributed by atoms with Gasteiger partial charge in [0, 0.05) is 0 Å². The molecule has 112 valence electrons. The Morgan fingerprint density at radius 3 is 2.48 bits per heavy atom. The first kappa shape index (κ1) is 15.2. The number of hydrogen-bond acceptors (Lipinski definition) is 5. The zero-order valence-electron chi connectivity index (χ0n) is 12.6. The number of carbonyl (C=O) groups excluding carboxylic acids is 1. The number of esters is 1. The molecule has 0 atom stereocenters. The lowest BCUT2D eigenvalue weighted by atomic mass is 9.75. The van der Waals surface area contributed by atoms with E-state index in [0.717, 1.165) is 18.4 Å². The first-order chi connectivity index (χ1) is 10.2. The summed E-state index contributed by atoms with van der Waals surface area (Å²) in [6, 6.07) is 10.1. The molecule has 0 bridgehead atoms. The van der Waals surface area contributed by atoms with Gasteiger partial charge in [0.25, 0.3) is 0 Å². The molecule has 2 aromatic rings. The normalized spacial score (nSPS) is 11.4. The molecule has 0 aliphatic heterocycles. The van der Waals surface area contributed by atoms with Gasteiger partial charge in [-0.05, 0) is 18.4 Å². The summed E-state index contributed by atoms with van der Waals surface area (Å²) in [7, 11) is 1.34. The average molecular weight is 288 g/mol. The molecule has 5 nitrogen and oxygen atoms in total. The van der Waals surface area contributed by atoms with Crippen LogP contribution in [0.5, 0.6) is 0 Å². The van der Waals surface area contributed by atoms with Gasteiger partial charge >= 0.3 is 5.97 Å². The first-order valence-electron chi connectivity index (χ1n) is 7.11. The van der Waals surface area contributed by atoms with E-state index >= 15 is 0 Å². The van der Waals surface area contributed by atoms with Crippen LogP contribution in [0, 0.1) is 0 Å². The molecule has 0 amide bonds. The van der Waals surface area contributed by atoms with E-state index in [4.69, 9.17) is 4.52 Å². The van der Waals surface area contributed by atoms with Gasteiger partial charge in [-0.2, -0.15) is 4.98 Å². The summed E-state index contributed by atoms with van der Waals surface area (Å²) >= 11 is 0. The fourth-order valence-corrected chi connectivity index (χ4v) is 2.58. The smallest absolute Gasteiger partial charge is 0.315 e. The van der Waals surface area contributed by atoms with Gasteiger partial charge in [0.15, 0.2) is 5.82 Å². The average Bonchev–Trinajstić information content (AvgIpc) is 2.99. The number of nitrogens with zero attached hydrogens (tertiary/aromatic N) is 2. The molecule has 0 aliphatic carbocycles. The highest BCUT2D eigenvalue weighted by atomic mass is 16.5. The summed E-state index contributed by atoms with van der Waals surface area (Å²) < 4.78 is 9.83. The van der Waals surface area contributed by atoms with Gasteiger partial charge in [-0.15, -0.1) is 0 Å². The Hall–Kier alpha value is -2.17. The molecule has 1 heterocycles. The number of carbonyl (C=O) groups is 1. The fraction of sp³-hybridized carbons (Fsp3) is 0.438. The number of ether oxygens (including phenoxy) is 1. The Bertz CT molecular complexity index is 589. The van der Waals surface area contributed by atoms with Gasteiger partial charge in [-0.1, -0.05) is 49.3 Å². The van der Waals surface area contributed by atoms with Crippen molar-refractivity contribution in [2.45, 2.75) is 38.5 Å². The van der Waals surface area contributed by atoms with Crippen molar-refractivity contribution >= 4 is 5.97 Å². The second kappa shape index (κ2) is 6.52. The van der Waals surface area contributed by atoms with Crippen molar-refractivity contribution in [1.82, 2.24) is 10.1 Å². The minimum Gasteiger partial charge on any atom is -0.469 e. The molecule has 0 radical (unpaired) electrons. The maximum atomic E-state index is 11.3. The number of benzene rings is 1. The van der Waals surface area contributed by atoms with E-state index in [1.54, 1.807) is 0 Å². The van der Waals surface area contributed by atoms with Crippen LogP contribution in [0.1, 0.15) is 44.0 Å². The molecule has 0 saturated heterocycles. The summed E-state index contributed by atoms with van der Waals surface area (Å²) in [6.45, 7) is 4.21. The molecular weight excluding hydrogens is 268 g/mol. The maximum Gasteiger partial charge on any atom is 0.315 e.